The average Bonchev–Trinajstić information content (AvgIpc) is 3.27. The van der Waals surface area contributed by atoms with E-state index in [4.69, 9.17) is 0 Å². The number of H-pyrrole nitrogens is 1. The Hall–Kier alpha value is -1.94. The van der Waals surface area contributed by atoms with Crippen LogP contribution in [0.3, 0.4) is 0 Å². The Morgan fingerprint density at radius 3 is 2.64 bits per heavy atom. The highest BCUT2D eigenvalue weighted by molar-refractivity contribution is 14.0. The summed E-state index contributed by atoms with van der Waals surface area (Å²) in [6.07, 6.45) is 2.75. The SMILES string of the molecule is CCNC(=NCc1ncc(-c2ccccc2)[nH]1)NCCc1nc(C)c(C)s1.I. The van der Waals surface area contributed by atoms with Crippen molar-refractivity contribution in [3.63, 3.8) is 0 Å². The molecule has 0 saturated heterocycles. The quantitative estimate of drug-likeness (QED) is 0.255. The number of hydrogen-bond donors (Lipinski definition) is 3. The van der Waals surface area contributed by atoms with Gasteiger partial charge in [-0.1, -0.05) is 30.3 Å². The summed E-state index contributed by atoms with van der Waals surface area (Å²) in [5.74, 6) is 1.64. The number of halogens is 1. The Bertz CT molecular complexity index is 868. The van der Waals surface area contributed by atoms with Crippen molar-refractivity contribution in [2.24, 2.45) is 4.99 Å². The maximum absolute atomic E-state index is 4.63. The molecular weight excluding hydrogens is 483 g/mol. The first-order valence-electron chi connectivity index (χ1n) is 9.20. The lowest BCUT2D eigenvalue weighted by atomic mass is 10.2. The molecule has 0 unspecified atom stereocenters. The molecule has 28 heavy (non-hydrogen) atoms. The van der Waals surface area contributed by atoms with Gasteiger partial charge in [-0.25, -0.2) is 15.0 Å². The molecule has 2 heterocycles. The number of nitrogens with one attached hydrogen (secondary N) is 3. The number of aromatic nitrogens is 3. The van der Waals surface area contributed by atoms with Gasteiger partial charge < -0.3 is 15.6 Å². The molecule has 0 aliphatic heterocycles. The molecule has 3 rings (SSSR count). The summed E-state index contributed by atoms with van der Waals surface area (Å²) < 4.78 is 0. The normalized spacial score (nSPS) is 11.2. The highest BCUT2D eigenvalue weighted by Crippen LogP contribution is 2.17. The molecule has 2 aromatic heterocycles. The van der Waals surface area contributed by atoms with Crippen molar-refractivity contribution in [3.05, 3.63) is 57.9 Å². The van der Waals surface area contributed by atoms with Gasteiger partial charge >= 0.3 is 0 Å². The zero-order valence-electron chi connectivity index (χ0n) is 16.5. The Morgan fingerprint density at radius 1 is 1.18 bits per heavy atom. The smallest absolute Gasteiger partial charge is 0.191 e. The number of aliphatic imine (C=N–C) groups is 1. The number of nitrogens with zero attached hydrogens (tertiary/aromatic N) is 3. The van der Waals surface area contributed by atoms with Gasteiger partial charge in [-0.15, -0.1) is 35.3 Å². The van der Waals surface area contributed by atoms with Crippen LogP contribution in [0.2, 0.25) is 0 Å². The van der Waals surface area contributed by atoms with Gasteiger partial charge in [0.05, 0.1) is 22.6 Å². The molecule has 0 saturated carbocycles. The third kappa shape index (κ3) is 6.30. The average molecular weight is 510 g/mol. The number of thiazole rings is 1. The zero-order valence-corrected chi connectivity index (χ0v) is 19.6. The van der Waals surface area contributed by atoms with Crippen LogP contribution in [0.5, 0.6) is 0 Å². The molecule has 1 aromatic carbocycles. The fourth-order valence-electron chi connectivity index (χ4n) is 2.64. The Kier molecular flexibility index (Phi) is 8.91. The lowest BCUT2D eigenvalue weighted by Crippen LogP contribution is -2.38. The molecule has 0 bridgehead atoms. The second kappa shape index (κ2) is 11.2. The lowest BCUT2D eigenvalue weighted by Gasteiger charge is -2.10. The van der Waals surface area contributed by atoms with Crippen molar-refractivity contribution in [2.75, 3.05) is 13.1 Å². The predicted molar refractivity (Wildman–Crippen MR) is 128 cm³/mol. The van der Waals surface area contributed by atoms with E-state index in [-0.39, 0.29) is 24.0 Å². The van der Waals surface area contributed by atoms with Gasteiger partial charge in [-0.05, 0) is 26.3 Å². The van der Waals surface area contributed by atoms with Crippen LogP contribution < -0.4 is 10.6 Å². The summed E-state index contributed by atoms with van der Waals surface area (Å²) >= 11 is 1.76. The fourth-order valence-corrected chi connectivity index (χ4v) is 3.57. The van der Waals surface area contributed by atoms with Crippen LogP contribution in [0.15, 0.2) is 41.5 Å². The minimum Gasteiger partial charge on any atom is -0.357 e. The lowest BCUT2D eigenvalue weighted by molar-refractivity contribution is 0.790. The van der Waals surface area contributed by atoms with E-state index in [1.807, 2.05) is 24.4 Å². The molecule has 0 spiro atoms. The van der Waals surface area contributed by atoms with Crippen molar-refractivity contribution < 1.29 is 0 Å². The topological polar surface area (TPSA) is 78.0 Å². The molecular formula is C20H27IN6S. The zero-order chi connectivity index (χ0) is 19.1. The molecule has 3 N–H and O–H groups in total. The van der Waals surface area contributed by atoms with Crippen LogP contribution in [0.25, 0.3) is 11.3 Å². The molecule has 0 aliphatic rings. The molecule has 6 nitrogen and oxygen atoms in total. The van der Waals surface area contributed by atoms with Crippen LogP contribution >= 0.6 is 35.3 Å². The molecule has 150 valence electrons. The standard InChI is InChI=1S/C20H26N6S.HI/c1-4-21-20(22-11-10-19-25-14(2)15(3)27-19)24-13-18-23-12-17(26-18)16-8-6-5-7-9-16;/h5-9,12H,4,10-11,13H2,1-3H3,(H,23,26)(H2,21,22,24);1H. The Morgan fingerprint density at radius 2 is 1.96 bits per heavy atom. The first kappa shape index (κ1) is 22.4. The molecule has 0 aliphatic carbocycles. The third-order valence-corrected chi connectivity index (χ3v) is 5.28. The van der Waals surface area contributed by atoms with Crippen molar-refractivity contribution >= 4 is 41.3 Å². The van der Waals surface area contributed by atoms with Gasteiger partial charge in [0.1, 0.15) is 12.4 Å². The van der Waals surface area contributed by atoms with E-state index in [2.05, 4.69) is 63.5 Å². The van der Waals surface area contributed by atoms with E-state index in [1.54, 1.807) is 11.3 Å². The molecule has 0 atom stereocenters. The van der Waals surface area contributed by atoms with E-state index in [0.717, 1.165) is 53.3 Å². The summed E-state index contributed by atoms with van der Waals surface area (Å²) in [6.45, 7) is 8.34. The van der Waals surface area contributed by atoms with E-state index in [1.165, 1.54) is 4.88 Å². The van der Waals surface area contributed by atoms with E-state index >= 15 is 0 Å². The van der Waals surface area contributed by atoms with Crippen molar-refractivity contribution in [1.82, 2.24) is 25.6 Å². The van der Waals surface area contributed by atoms with Crippen LogP contribution in [-0.2, 0) is 13.0 Å². The second-order valence-corrected chi connectivity index (χ2v) is 7.52. The third-order valence-electron chi connectivity index (χ3n) is 4.15. The maximum atomic E-state index is 4.63. The van der Waals surface area contributed by atoms with Crippen molar-refractivity contribution in [3.8, 4) is 11.3 Å². The van der Waals surface area contributed by atoms with Crippen LogP contribution in [0, 0.1) is 13.8 Å². The number of imidazole rings is 1. The van der Waals surface area contributed by atoms with Crippen LogP contribution in [0.4, 0.5) is 0 Å². The van der Waals surface area contributed by atoms with Crippen molar-refractivity contribution in [1.29, 1.82) is 0 Å². The first-order chi connectivity index (χ1) is 13.2. The van der Waals surface area contributed by atoms with Gasteiger partial charge in [0, 0.05) is 24.4 Å². The number of guanidine groups is 1. The summed E-state index contributed by atoms with van der Waals surface area (Å²) in [5, 5.41) is 7.80. The predicted octanol–water partition coefficient (Wildman–Crippen LogP) is 4.07. The summed E-state index contributed by atoms with van der Waals surface area (Å²) in [4.78, 5) is 18.3. The Labute approximate surface area is 187 Å². The number of hydrogen-bond acceptors (Lipinski definition) is 4. The van der Waals surface area contributed by atoms with Crippen LogP contribution in [-0.4, -0.2) is 34.0 Å². The highest BCUT2D eigenvalue weighted by atomic mass is 127. The molecule has 0 amide bonds. The van der Waals surface area contributed by atoms with E-state index in [9.17, 15) is 0 Å². The molecule has 0 radical (unpaired) electrons. The molecule has 0 fully saturated rings. The van der Waals surface area contributed by atoms with E-state index in [0.29, 0.717) is 6.54 Å². The minimum atomic E-state index is 0. The fraction of sp³-hybridized carbons (Fsp3) is 0.350. The number of rotatable bonds is 7. The number of aromatic amines is 1. The maximum Gasteiger partial charge on any atom is 0.191 e. The monoisotopic (exact) mass is 510 g/mol. The summed E-state index contributed by atoms with van der Waals surface area (Å²) in [5.41, 5.74) is 3.26. The number of benzene rings is 1. The van der Waals surface area contributed by atoms with Gasteiger partial charge in [-0.2, -0.15) is 0 Å². The molecule has 3 aromatic rings. The second-order valence-electron chi connectivity index (χ2n) is 6.23. The van der Waals surface area contributed by atoms with E-state index < -0.39 is 0 Å². The largest absolute Gasteiger partial charge is 0.357 e. The van der Waals surface area contributed by atoms with Gasteiger partial charge in [0.25, 0.3) is 0 Å². The molecule has 8 heteroatoms. The van der Waals surface area contributed by atoms with Crippen LogP contribution in [0.1, 0.15) is 28.3 Å². The first-order valence-corrected chi connectivity index (χ1v) is 10.0. The highest BCUT2D eigenvalue weighted by Gasteiger charge is 2.05. The van der Waals surface area contributed by atoms with Gasteiger partial charge in [-0.3, -0.25) is 0 Å². The minimum absolute atomic E-state index is 0. The van der Waals surface area contributed by atoms with Gasteiger partial charge in [0.15, 0.2) is 5.96 Å². The van der Waals surface area contributed by atoms with Crippen molar-refractivity contribution in [2.45, 2.75) is 33.7 Å². The van der Waals surface area contributed by atoms with Gasteiger partial charge in [0.2, 0.25) is 0 Å². The summed E-state index contributed by atoms with van der Waals surface area (Å²) in [6, 6.07) is 10.2. The summed E-state index contributed by atoms with van der Waals surface area (Å²) in [7, 11) is 0. The number of aryl methyl sites for hydroxylation is 2. The Balaban J connectivity index is 0.00000280.